The molecular weight excluding hydrogens is 326 g/mol. The SMILES string of the molecule is CC.CC.CC.CN(C)c1ccc2ccc3c4ccccc4ccc3c2c1. The van der Waals surface area contributed by atoms with Gasteiger partial charge in [-0.15, -0.1) is 0 Å². The quantitative estimate of drug-likeness (QED) is 0.308. The fourth-order valence-electron chi connectivity index (χ4n) is 3.08. The van der Waals surface area contributed by atoms with Gasteiger partial charge in [-0.25, -0.2) is 0 Å². The molecule has 27 heavy (non-hydrogen) atoms. The number of rotatable bonds is 1. The maximum atomic E-state index is 2.28. The van der Waals surface area contributed by atoms with Gasteiger partial charge in [-0.1, -0.05) is 96.1 Å². The lowest BCUT2D eigenvalue weighted by atomic mass is 9.97. The first-order chi connectivity index (χ1) is 13.2. The minimum Gasteiger partial charge on any atom is -0.378 e. The van der Waals surface area contributed by atoms with E-state index in [2.05, 4.69) is 85.7 Å². The molecule has 4 aromatic carbocycles. The predicted octanol–water partition coefficient (Wildman–Crippen LogP) is 8.29. The molecule has 0 aliphatic rings. The number of nitrogens with zero attached hydrogens (tertiary/aromatic N) is 1. The Labute approximate surface area is 165 Å². The fraction of sp³-hybridized carbons (Fsp3) is 0.308. The topological polar surface area (TPSA) is 3.24 Å². The van der Waals surface area contributed by atoms with Crippen LogP contribution in [0.25, 0.3) is 32.3 Å². The third-order valence-electron chi connectivity index (χ3n) is 4.24. The third-order valence-corrected chi connectivity index (χ3v) is 4.24. The van der Waals surface area contributed by atoms with E-state index in [1.165, 1.54) is 38.0 Å². The number of hydrogen-bond donors (Lipinski definition) is 0. The smallest absolute Gasteiger partial charge is 0.0367 e. The first-order valence-electron chi connectivity index (χ1n) is 10.3. The summed E-state index contributed by atoms with van der Waals surface area (Å²) in [5, 5.41) is 7.90. The van der Waals surface area contributed by atoms with Crippen molar-refractivity contribution in [2.45, 2.75) is 41.5 Å². The molecule has 1 heteroatoms. The van der Waals surface area contributed by atoms with Crippen molar-refractivity contribution in [1.29, 1.82) is 0 Å². The summed E-state index contributed by atoms with van der Waals surface area (Å²) in [5.41, 5.74) is 1.24. The van der Waals surface area contributed by atoms with Crippen LogP contribution in [-0.2, 0) is 0 Å². The molecule has 0 fully saturated rings. The number of benzene rings is 4. The van der Waals surface area contributed by atoms with Crippen molar-refractivity contribution in [2.75, 3.05) is 19.0 Å². The second-order valence-electron chi connectivity index (χ2n) is 5.75. The molecule has 0 radical (unpaired) electrons. The van der Waals surface area contributed by atoms with E-state index in [0.29, 0.717) is 0 Å². The number of hydrogen-bond acceptors (Lipinski definition) is 1. The molecule has 0 saturated carbocycles. The van der Waals surface area contributed by atoms with Crippen LogP contribution < -0.4 is 4.90 Å². The molecule has 4 rings (SSSR count). The van der Waals surface area contributed by atoms with Crippen molar-refractivity contribution in [3.05, 3.63) is 66.7 Å². The van der Waals surface area contributed by atoms with Crippen molar-refractivity contribution < 1.29 is 0 Å². The van der Waals surface area contributed by atoms with E-state index in [1.807, 2.05) is 41.5 Å². The zero-order valence-corrected chi connectivity index (χ0v) is 18.3. The minimum atomic E-state index is 1.24. The normalized spacial score (nSPS) is 9.48. The third kappa shape index (κ3) is 4.80. The van der Waals surface area contributed by atoms with Crippen molar-refractivity contribution in [1.82, 2.24) is 0 Å². The van der Waals surface area contributed by atoms with E-state index in [1.54, 1.807) is 0 Å². The van der Waals surface area contributed by atoms with Gasteiger partial charge in [0.25, 0.3) is 0 Å². The molecule has 4 aromatic rings. The van der Waals surface area contributed by atoms with Crippen molar-refractivity contribution >= 4 is 38.0 Å². The summed E-state index contributed by atoms with van der Waals surface area (Å²) in [6, 6.07) is 24.2. The van der Waals surface area contributed by atoms with Crippen LogP contribution in [-0.4, -0.2) is 14.1 Å². The lowest BCUT2D eigenvalue weighted by Gasteiger charge is -2.14. The van der Waals surface area contributed by atoms with Crippen LogP contribution in [0, 0.1) is 0 Å². The molecular formula is C26H35N. The summed E-state index contributed by atoms with van der Waals surface area (Å²) >= 11 is 0. The Morgan fingerprint density at radius 3 is 1.56 bits per heavy atom. The van der Waals surface area contributed by atoms with Crippen molar-refractivity contribution in [3.63, 3.8) is 0 Å². The summed E-state index contributed by atoms with van der Waals surface area (Å²) < 4.78 is 0. The summed E-state index contributed by atoms with van der Waals surface area (Å²) in [7, 11) is 4.17. The average Bonchev–Trinajstić information content (AvgIpc) is 2.77. The van der Waals surface area contributed by atoms with Crippen LogP contribution in [0.2, 0.25) is 0 Å². The first-order valence-corrected chi connectivity index (χ1v) is 10.3. The molecule has 0 N–H and O–H groups in total. The van der Waals surface area contributed by atoms with Gasteiger partial charge in [0.15, 0.2) is 0 Å². The largest absolute Gasteiger partial charge is 0.378 e. The maximum absolute atomic E-state index is 2.28. The highest BCUT2D eigenvalue weighted by Gasteiger charge is 2.05. The van der Waals surface area contributed by atoms with E-state index in [-0.39, 0.29) is 0 Å². The second kappa shape index (κ2) is 11.2. The van der Waals surface area contributed by atoms with Crippen LogP contribution in [0.5, 0.6) is 0 Å². The summed E-state index contributed by atoms with van der Waals surface area (Å²) in [4.78, 5) is 2.15. The van der Waals surface area contributed by atoms with E-state index in [0.717, 1.165) is 0 Å². The molecule has 0 bridgehead atoms. The minimum absolute atomic E-state index is 1.24. The zero-order valence-electron chi connectivity index (χ0n) is 18.3. The molecule has 0 aliphatic carbocycles. The van der Waals surface area contributed by atoms with Crippen molar-refractivity contribution in [3.8, 4) is 0 Å². The monoisotopic (exact) mass is 361 g/mol. The van der Waals surface area contributed by atoms with Gasteiger partial charge < -0.3 is 4.90 Å². The Morgan fingerprint density at radius 2 is 0.963 bits per heavy atom. The Hall–Kier alpha value is -2.54. The Kier molecular flexibility index (Phi) is 9.36. The van der Waals surface area contributed by atoms with Gasteiger partial charge in [-0.3, -0.25) is 0 Å². The predicted molar refractivity (Wildman–Crippen MR) is 127 cm³/mol. The van der Waals surface area contributed by atoms with Gasteiger partial charge in [0.2, 0.25) is 0 Å². The molecule has 144 valence electrons. The van der Waals surface area contributed by atoms with Gasteiger partial charge in [-0.2, -0.15) is 0 Å². The molecule has 0 spiro atoms. The number of anilines is 1. The average molecular weight is 362 g/mol. The molecule has 0 saturated heterocycles. The van der Waals surface area contributed by atoms with Crippen LogP contribution >= 0.6 is 0 Å². The molecule has 0 aliphatic heterocycles. The van der Waals surface area contributed by atoms with Gasteiger partial charge in [0.1, 0.15) is 0 Å². The molecule has 0 aromatic heterocycles. The fourth-order valence-corrected chi connectivity index (χ4v) is 3.08. The second-order valence-corrected chi connectivity index (χ2v) is 5.75. The molecule has 0 atom stereocenters. The standard InChI is InChI=1S/C20H17N.3C2H6/c1-21(2)16-10-7-15-9-11-18-17-6-4-3-5-14(17)8-12-19(18)20(15)13-16;3*1-2/h3-13H,1-2H3;3*1-2H3. The lowest BCUT2D eigenvalue weighted by Crippen LogP contribution is -2.08. The summed E-state index contributed by atoms with van der Waals surface area (Å²) in [6.45, 7) is 12.0. The highest BCUT2D eigenvalue weighted by atomic mass is 15.1. The lowest BCUT2D eigenvalue weighted by molar-refractivity contribution is 1.14. The number of fused-ring (bicyclic) bond motifs is 5. The molecule has 0 heterocycles. The van der Waals surface area contributed by atoms with Gasteiger partial charge in [0, 0.05) is 19.8 Å². The Bertz CT molecular complexity index is 967. The highest BCUT2D eigenvalue weighted by Crippen LogP contribution is 2.32. The molecule has 1 nitrogen and oxygen atoms in total. The van der Waals surface area contributed by atoms with Crippen molar-refractivity contribution in [2.24, 2.45) is 0 Å². The van der Waals surface area contributed by atoms with E-state index < -0.39 is 0 Å². The van der Waals surface area contributed by atoms with E-state index in [4.69, 9.17) is 0 Å². The summed E-state index contributed by atoms with van der Waals surface area (Å²) in [6.07, 6.45) is 0. The Balaban J connectivity index is 0.000000556. The highest BCUT2D eigenvalue weighted by molar-refractivity contribution is 6.17. The van der Waals surface area contributed by atoms with Gasteiger partial charge >= 0.3 is 0 Å². The van der Waals surface area contributed by atoms with E-state index in [9.17, 15) is 0 Å². The van der Waals surface area contributed by atoms with Gasteiger partial charge in [-0.05, 0) is 44.5 Å². The van der Waals surface area contributed by atoms with E-state index >= 15 is 0 Å². The van der Waals surface area contributed by atoms with Gasteiger partial charge in [0.05, 0.1) is 0 Å². The van der Waals surface area contributed by atoms with Crippen LogP contribution in [0.1, 0.15) is 41.5 Å². The maximum Gasteiger partial charge on any atom is 0.0367 e. The summed E-state index contributed by atoms with van der Waals surface area (Å²) in [5.74, 6) is 0. The first kappa shape index (κ1) is 22.5. The van der Waals surface area contributed by atoms with Crippen LogP contribution in [0.4, 0.5) is 5.69 Å². The van der Waals surface area contributed by atoms with Crippen LogP contribution in [0.3, 0.4) is 0 Å². The molecule has 0 unspecified atom stereocenters. The Morgan fingerprint density at radius 1 is 0.481 bits per heavy atom. The van der Waals surface area contributed by atoms with Crippen LogP contribution in [0.15, 0.2) is 66.7 Å². The molecule has 0 amide bonds. The zero-order chi connectivity index (χ0) is 20.4.